The minimum Gasteiger partial charge on any atom is -0.494 e. The van der Waals surface area contributed by atoms with Gasteiger partial charge in [-0.1, -0.05) is 82.9 Å². The van der Waals surface area contributed by atoms with E-state index in [0.717, 1.165) is 23.3 Å². The van der Waals surface area contributed by atoms with Gasteiger partial charge in [0, 0.05) is 0 Å². The van der Waals surface area contributed by atoms with Crippen LogP contribution in [0.25, 0.3) is 11.1 Å². The molecular formula is C30H36O3. The van der Waals surface area contributed by atoms with Crippen molar-refractivity contribution in [2.45, 2.75) is 65.2 Å². The van der Waals surface area contributed by atoms with Crippen LogP contribution in [0, 0.1) is 0 Å². The van der Waals surface area contributed by atoms with E-state index in [0.29, 0.717) is 23.8 Å². The number of rotatable bonds is 12. The molecule has 0 saturated heterocycles. The molecule has 0 saturated carbocycles. The quantitative estimate of drug-likeness (QED) is 0.160. The molecule has 3 aromatic rings. The molecule has 3 heteroatoms. The van der Waals surface area contributed by atoms with E-state index in [2.05, 4.69) is 45.0 Å². The zero-order chi connectivity index (χ0) is 23.5. The summed E-state index contributed by atoms with van der Waals surface area (Å²) in [5, 5.41) is 0. The number of hydrogen-bond donors (Lipinski definition) is 0. The van der Waals surface area contributed by atoms with Crippen LogP contribution in [0.5, 0.6) is 11.5 Å². The molecule has 174 valence electrons. The van der Waals surface area contributed by atoms with Gasteiger partial charge in [-0.2, -0.15) is 0 Å². The van der Waals surface area contributed by atoms with Crippen molar-refractivity contribution in [3.8, 4) is 22.6 Å². The highest BCUT2D eigenvalue weighted by Gasteiger charge is 2.10. The fraction of sp³-hybridized carbons (Fsp3) is 0.367. The smallest absolute Gasteiger partial charge is 0.343 e. The molecule has 0 spiro atoms. The number of carbonyl (C=O) groups is 1. The van der Waals surface area contributed by atoms with E-state index in [1.165, 1.54) is 37.7 Å². The molecule has 3 nitrogen and oxygen atoms in total. The maximum atomic E-state index is 12.5. The lowest BCUT2D eigenvalue weighted by molar-refractivity contribution is 0.0734. The van der Waals surface area contributed by atoms with Gasteiger partial charge in [0.25, 0.3) is 0 Å². The first-order valence-corrected chi connectivity index (χ1v) is 12.3. The number of benzene rings is 3. The standard InChI is InChI=1S/C30H36O3/c1-4-6-7-8-22-32-28-18-20-29(21-19-28)33-30(31)27-16-14-26(15-17-27)25-12-10-24(11-13-25)23(3)9-5-2/h10-21,23H,4-9,22H2,1-3H3. The lowest BCUT2D eigenvalue weighted by atomic mass is 9.94. The summed E-state index contributed by atoms with van der Waals surface area (Å²) in [7, 11) is 0. The van der Waals surface area contributed by atoms with E-state index in [1.807, 2.05) is 36.4 Å². The molecule has 3 aromatic carbocycles. The highest BCUT2D eigenvalue weighted by atomic mass is 16.5. The van der Waals surface area contributed by atoms with Gasteiger partial charge in [-0.25, -0.2) is 4.79 Å². The van der Waals surface area contributed by atoms with Crippen LogP contribution in [0.15, 0.2) is 72.8 Å². The summed E-state index contributed by atoms with van der Waals surface area (Å²) in [6.45, 7) is 7.40. The largest absolute Gasteiger partial charge is 0.494 e. The van der Waals surface area contributed by atoms with Crippen LogP contribution in [-0.2, 0) is 0 Å². The average molecular weight is 445 g/mol. The third-order valence-corrected chi connectivity index (χ3v) is 5.96. The van der Waals surface area contributed by atoms with Crippen molar-refractivity contribution in [3.05, 3.63) is 83.9 Å². The van der Waals surface area contributed by atoms with E-state index in [1.54, 1.807) is 12.1 Å². The van der Waals surface area contributed by atoms with Crippen LogP contribution in [0.3, 0.4) is 0 Å². The molecule has 0 aliphatic heterocycles. The van der Waals surface area contributed by atoms with E-state index in [-0.39, 0.29) is 5.97 Å². The second kappa shape index (κ2) is 12.8. The minimum absolute atomic E-state index is 0.362. The predicted molar refractivity (Wildman–Crippen MR) is 136 cm³/mol. The highest BCUT2D eigenvalue weighted by Crippen LogP contribution is 2.26. The number of ether oxygens (including phenoxy) is 2. The Labute approximate surface area is 198 Å². The number of carbonyl (C=O) groups excluding carboxylic acids is 1. The zero-order valence-electron chi connectivity index (χ0n) is 20.2. The average Bonchev–Trinajstić information content (AvgIpc) is 2.85. The number of hydrogen-bond acceptors (Lipinski definition) is 3. The molecule has 0 fully saturated rings. The van der Waals surface area contributed by atoms with Crippen LogP contribution in [-0.4, -0.2) is 12.6 Å². The third kappa shape index (κ3) is 7.49. The molecule has 0 bridgehead atoms. The Morgan fingerprint density at radius 1 is 0.727 bits per heavy atom. The summed E-state index contributed by atoms with van der Waals surface area (Å²) in [5.74, 6) is 1.52. The predicted octanol–water partition coefficient (Wildman–Crippen LogP) is 8.44. The highest BCUT2D eigenvalue weighted by molar-refractivity contribution is 5.91. The molecule has 0 aromatic heterocycles. The van der Waals surface area contributed by atoms with E-state index < -0.39 is 0 Å². The molecule has 33 heavy (non-hydrogen) atoms. The van der Waals surface area contributed by atoms with Crippen LogP contribution in [0.4, 0.5) is 0 Å². The van der Waals surface area contributed by atoms with Crippen molar-refractivity contribution in [1.82, 2.24) is 0 Å². The topological polar surface area (TPSA) is 35.5 Å². The van der Waals surface area contributed by atoms with Crippen molar-refractivity contribution in [1.29, 1.82) is 0 Å². The first kappa shape index (κ1) is 24.6. The van der Waals surface area contributed by atoms with Crippen LogP contribution >= 0.6 is 0 Å². The van der Waals surface area contributed by atoms with Crippen molar-refractivity contribution in [3.63, 3.8) is 0 Å². The Morgan fingerprint density at radius 2 is 1.33 bits per heavy atom. The normalized spacial score (nSPS) is 11.7. The van der Waals surface area contributed by atoms with Crippen LogP contribution in [0.2, 0.25) is 0 Å². The second-order valence-electron chi connectivity index (χ2n) is 8.66. The van der Waals surface area contributed by atoms with Gasteiger partial charge in [0.05, 0.1) is 12.2 Å². The van der Waals surface area contributed by atoms with Gasteiger partial charge in [-0.05, 0) is 71.8 Å². The summed E-state index contributed by atoms with van der Waals surface area (Å²) in [6, 6.07) is 23.5. The maximum Gasteiger partial charge on any atom is 0.343 e. The third-order valence-electron chi connectivity index (χ3n) is 5.96. The van der Waals surface area contributed by atoms with Gasteiger partial charge in [0.15, 0.2) is 0 Å². The molecule has 0 radical (unpaired) electrons. The van der Waals surface area contributed by atoms with Crippen molar-refractivity contribution >= 4 is 5.97 Å². The molecule has 0 aliphatic rings. The molecule has 3 rings (SSSR count). The second-order valence-corrected chi connectivity index (χ2v) is 8.66. The van der Waals surface area contributed by atoms with Crippen molar-refractivity contribution in [2.24, 2.45) is 0 Å². The van der Waals surface area contributed by atoms with Gasteiger partial charge < -0.3 is 9.47 Å². The zero-order valence-corrected chi connectivity index (χ0v) is 20.2. The van der Waals surface area contributed by atoms with Crippen LogP contribution < -0.4 is 9.47 Å². The molecule has 0 N–H and O–H groups in total. The Bertz CT molecular complexity index is 973. The molecule has 0 heterocycles. The summed E-state index contributed by atoms with van der Waals surface area (Å²) >= 11 is 0. The van der Waals surface area contributed by atoms with Gasteiger partial charge in [0.1, 0.15) is 11.5 Å². The van der Waals surface area contributed by atoms with Gasteiger partial charge >= 0.3 is 5.97 Å². The first-order valence-electron chi connectivity index (χ1n) is 12.3. The maximum absolute atomic E-state index is 12.5. The molecule has 1 atom stereocenters. The van der Waals surface area contributed by atoms with E-state index in [9.17, 15) is 4.79 Å². The first-order chi connectivity index (χ1) is 16.1. The van der Waals surface area contributed by atoms with Gasteiger partial charge in [0.2, 0.25) is 0 Å². The Hall–Kier alpha value is -3.07. The van der Waals surface area contributed by atoms with Crippen LogP contribution in [0.1, 0.15) is 81.1 Å². The number of esters is 1. The van der Waals surface area contributed by atoms with E-state index >= 15 is 0 Å². The summed E-state index contributed by atoms with van der Waals surface area (Å²) in [6.07, 6.45) is 7.10. The molecule has 0 amide bonds. The monoisotopic (exact) mass is 444 g/mol. The Morgan fingerprint density at radius 3 is 1.94 bits per heavy atom. The summed E-state index contributed by atoms with van der Waals surface area (Å²) in [4.78, 5) is 12.5. The fourth-order valence-corrected chi connectivity index (χ4v) is 3.89. The van der Waals surface area contributed by atoms with Gasteiger partial charge in [-0.15, -0.1) is 0 Å². The number of unbranched alkanes of at least 4 members (excludes halogenated alkanes) is 3. The lowest BCUT2D eigenvalue weighted by Gasteiger charge is -2.11. The van der Waals surface area contributed by atoms with E-state index in [4.69, 9.17) is 9.47 Å². The summed E-state index contributed by atoms with van der Waals surface area (Å²) < 4.78 is 11.3. The summed E-state index contributed by atoms with van der Waals surface area (Å²) in [5.41, 5.74) is 4.13. The van der Waals surface area contributed by atoms with Crippen molar-refractivity contribution in [2.75, 3.05) is 6.61 Å². The van der Waals surface area contributed by atoms with Gasteiger partial charge in [-0.3, -0.25) is 0 Å². The minimum atomic E-state index is -0.362. The Balaban J connectivity index is 1.54. The molecular weight excluding hydrogens is 408 g/mol. The fourth-order valence-electron chi connectivity index (χ4n) is 3.89. The lowest BCUT2D eigenvalue weighted by Crippen LogP contribution is -2.08. The molecule has 1 unspecified atom stereocenters. The molecule has 0 aliphatic carbocycles. The SMILES string of the molecule is CCCCCCOc1ccc(OC(=O)c2ccc(-c3ccc(C(C)CCC)cc3)cc2)cc1. The van der Waals surface area contributed by atoms with Crippen molar-refractivity contribution < 1.29 is 14.3 Å². The Kier molecular flexibility index (Phi) is 9.56.